The molecule has 0 saturated carbocycles. The number of aromatic nitrogens is 1. The number of amides is 1. The summed E-state index contributed by atoms with van der Waals surface area (Å²) in [6, 6.07) is 8.25. The van der Waals surface area contributed by atoms with Gasteiger partial charge in [-0.2, -0.15) is 0 Å². The lowest BCUT2D eigenvalue weighted by Gasteiger charge is -2.17. The molecule has 0 aliphatic carbocycles. The number of aryl methyl sites for hydroxylation is 2. The maximum Gasteiger partial charge on any atom is 0.268 e. The Morgan fingerprint density at radius 3 is 2.50 bits per heavy atom. The summed E-state index contributed by atoms with van der Waals surface area (Å²) in [6.45, 7) is 13.4. The molecule has 0 unspecified atom stereocenters. The Balaban J connectivity index is 1.98. The summed E-state index contributed by atoms with van der Waals surface area (Å²) in [5.41, 5.74) is 3.03. The van der Waals surface area contributed by atoms with Gasteiger partial charge in [-0.3, -0.25) is 4.79 Å². The summed E-state index contributed by atoms with van der Waals surface area (Å²) >= 11 is 0. The quantitative estimate of drug-likeness (QED) is 0.710. The summed E-state index contributed by atoms with van der Waals surface area (Å²) in [5, 5.41) is 4.28. The van der Waals surface area contributed by atoms with Gasteiger partial charge in [-0.05, 0) is 58.0 Å². The molecule has 4 nitrogen and oxygen atoms in total. The van der Waals surface area contributed by atoms with Gasteiger partial charge in [0, 0.05) is 24.0 Å². The predicted molar refractivity (Wildman–Crippen MR) is 102 cm³/mol. The van der Waals surface area contributed by atoms with Crippen LogP contribution in [0.15, 0.2) is 24.3 Å². The zero-order valence-corrected chi connectivity index (χ0v) is 15.6. The van der Waals surface area contributed by atoms with Crippen molar-refractivity contribution in [2.45, 2.75) is 47.1 Å². The van der Waals surface area contributed by atoms with Crippen molar-refractivity contribution in [1.82, 2.24) is 14.8 Å². The number of nitrogens with zero attached hydrogens (tertiary/aromatic N) is 2. The number of para-hydroxylation sites is 1. The molecule has 0 radical (unpaired) electrons. The average molecular weight is 329 g/mol. The van der Waals surface area contributed by atoms with Gasteiger partial charge >= 0.3 is 0 Å². The molecule has 0 spiro atoms. The van der Waals surface area contributed by atoms with Crippen molar-refractivity contribution in [3.05, 3.63) is 35.5 Å². The van der Waals surface area contributed by atoms with Gasteiger partial charge in [0.15, 0.2) is 0 Å². The van der Waals surface area contributed by atoms with Crippen molar-refractivity contribution in [3.63, 3.8) is 0 Å². The van der Waals surface area contributed by atoms with Crippen LogP contribution in [0.4, 0.5) is 0 Å². The highest BCUT2D eigenvalue weighted by Gasteiger charge is 2.18. The largest absolute Gasteiger partial charge is 0.351 e. The van der Waals surface area contributed by atoms with E-state index in [0.29, 0.717) is 0 Å². The van der Waals surface area contributed by atoms with E-state index < -0.39 is 0 Å². The lowest BCUT2D eigenvalue weighted by atomic mass is 10.1. The second kappa shape index (κ2) is 8.88. The molecule has 1 heterocycles. The molecule has 1 amide bonds. The third-order valence-electron chi connectivity index (χ3n) is 4.84. The van der Waals surface area contributed by atoms with E-state index in [1.54, 1.807) is 0 Å². The van der Waals surface area contributed by atoms with Crippen molar-refractivity contribution in [1.29, 1.82) is 0 Å². The highest BCUT2D eigenvalue weighted by molar-refractivity contribution is 6.01. The molecule has 0 atom stereocenters. The van der Waals surface area contributed by atoms with Crippen LogP contribution in [0.2, 0.25) is 0 Å². The topological polar surface area (TPSA) is 37.3 Å². The molecule has 2 rings (SSSR count). The number of carbonyl (C=O) groups excluding carboxylic acids is 1. The first-order valence-corrected chi connectivity index (χ1v) is 9.22. The highest BCUT2D eigenvalue weighted by Crippen LogP contribution is 2.25. The van der Waals surface area contributed by atoms with Crippen LogP contribution in [0.1, 0.15) is 49.7 Å². The van der Waals surface area contributed by atoms with Crippen molar-refractivity contribution in [2.24, 2.45) is 0 Å². The summed E-state index contributed by atoms with van der Waals surface area (Å²) in [6.07, 6.45) is 2.14. The summed E-state index contributed by atoms with van der Waals surface area (Å²) in [5.74, 6) is 0.0494. The number of rotatable bonds is 9. The fourth-order valence-electron chi connectivity index (χ4n) is 3.38. The van der Waals surface area contributed by atoms with Crippen molar-refractivity contribution < 1.29 is 4.79 Å². The Labute approximate surface area is 145 Å². The Bertz CT molecular complexity index is 671. The van der Waals surface area contributed by atoms with Crippen LogP contribution in [-0.2, 0) is 6.54 Å². The Kier molecular flexibility index (Phi) is 6.85. The van der Waals surface area contributed by atoms with Crippen molar-refractivity contribution in [3.8, 4) is 0 Å². The number of hydrogen-bond acceptors (Lipinski definition) is 2. The molecule has 0 aliphatic heterocycles. The van der Waals surface area contributed by atoms with E-state index in [2.05, 4.69) is 47.7 Å². The molecule has 1 aromatic carbocycles. The van der Waals surface area contributed by atoms with Crippen LogP contribution < -0.4 is 5.32 Å². The van der Waals surface area contributed by atoms with E-state index in [1.807, 2.05) is 19.1 Å². The van der Waals surface area contributed by atoms with E-state index in [9.17, 15) is 4.79 Å². The first-order valence-electron chi connectivity index (χ1n) is 9.22. The van der Waals surface area contributed by atoms with E-state index in [0.717, 1.165) is 62.3 Å². The molecule has 24 heavy (non-hydrogen) atoms. The van der Waals surface area contributed by atoms with E-state index in [1.165, 1.54) is 5.39 Å². The first-order chi connectivity index (χ1) is 11.6. The van der Waals surface area contributed by atoms with E-state index >= 15 is 0 Å². The lowest BCUT2D eigenvalue weighted by molar-refractivity contribution is 0.0943. The van der Waals surface area contributed by atoms with Crippen LogP contribution in [0, 0.1) is 6.92 Å². The molecular formula is C20H31N3O. The molecular weight excluding hydrogens is 298 g/mol. The van der Waals surface area contributed by atoms with Crippen LogP contribution in [0.3, 0.4) is 0 Å². The average Bonchev–Trinajstić information content (AvgIpc) is 2.90. The van der Waals surface area contributed by atoms with Gasteiger partial charge in [-0.15, -0.1) is 0 Å². The maximum absolute atomic E-state index is 12.7. The molecule has 1 N–H and O–H groups in total. The van der Waals surface area contributed by atoms with Crippen molar-refractivity contribution in [2.75, 3.05) is 26.2 Å². The number of fused-ring (bicyclic) bond motifs is 1. The minimum absolute atomic E-state index is 0.0494. The van der Waals surface area contributed by atoms with Gasteiger partial charge in [-0.1, -0.05) is 32.0 Å². The second-order valence-corrected chi connectivity index (χ2v) is 6.22. The van der Waals surface area contributed by atoms with Crippen LogP contribution >= 0.6 is 0 Å². The molecule has 0 fully saturated rings. The molecule has 0 bridgehead atoms. The molecule has 0 saturated heterocycles. The number of unbranched alkanes of at least 4 members (excludes halogenated alkanes) is 1. The third kappa shape index (κ3) is 3.99. The first kappa shape index (κ1) is 18.5. The zero-order chi connectivity index (χ0) is 17.5. The van der Waals surface area contributed by atoms with Crippen molar-refractivity contribution >= 4 is 16.8 Å². The van der Waals surface area contributed by atoms with Gasteiger partial charge in [0.2, 0.25) is 0 Å². The van der Waals surface area contributed by atoms with Crippen LogP contribution in [-0.4, -0.2) is 41.6 Å². The standard InChI is InChI=1S/C20H31N3O/c1-5-22(6-2)15-11-10-14-21-20(24)19-16(4)17-12-8-9-13-18(17)23(19)7-3/h8-9,12-13H,5-7,10-11,14-15H2,1-4H3,(H,21,24). The number of hydrogen-bond donors (Lipinski definition) is 1. The zero-order valence-electron chi connectivity index (χ0n) is 15.6. The second-order valence-electron chi connectivity index (χ2n) is 6.22. The normalized spacial score (nSPS) is 11.4. The Morgan fingerprint density at radius 1 is 1.12 bits per heavy atom. The summed E-state index contributed by atoms with van der Waals surface area (Å²) in [7, 11) is 0. The number of nitrogens with one attached hydrogen (secondary N) is 1. The molecule has 2 aromatic rings. The highest BCUT2D eigenvalue weighted by atomic mass is 16.1. The summed E-state index contributed by atoms with van der Waals surface area (Å²) < 4.78 is 2.12. The third-order valence-corrected chi connectivity index (χ3v) is 4.84. The molecule has 0 aliphatic rings. The SMILES string of the molecule is CCN(CC)CCCCNC(=O)c1c(C)c2ccccc2n1CC. The Hall–Kier alpha value is -1.81. The fourth-order valence-corrected chi connectivity index (χ4v) is 3.38. The van der Waals surface area contributed by atoms with Crippen LogP contribution in [0.5, 0.6) is 0 Å². The molecule has 1 aromatic heterocycles. The molecule has 4 heteroatoms. The fraction of sp³-hybridized carbons (Fsp3) is 0.550. The van der Waals surface area contributed by atoms with Crippen LogP contribution in [0.25, 0.3) is 10.9 Å². The lowest BCUT2D eigenvalue weighted by Crippen LogP contribution is -2.29. The predicted octanol–water partition coefficient (Wildman–Crippen LogP) is 3.82. The van der Waals surface area contributed by atoms with Gasteiger partial charge in [-0.25, -0.2) is 0 Å². The minimum atomic E-state index is 0.0494. The smallest absolute Gasteiger partial charge is 0.268 e. The van der Waals surface area contributed by atoms with E-state index in [4.69, 9.17) is 0 Å². The van der Waals surface area contributed by atoms with Gasteiger partial charge in [0.25, 0.3) is 5.91 Å². The number of benzene rings is 1. The Morgan fingerprint density at radius 2 is 1.83 bits per heavy atom. The monoisotopic (exact) mass is 329 g/mol. The molecule has 132 valence electrons. The maximum atomic E-state index is 12.7. The van der Waals surface area contributed by atoms with Gasteiger partial charge in [0.1, 0.15) is 5.69 Å². The van der Waals surface area contributed by atoms with Gasteiger partial charge in [0.05, 0.1) is 0 Å². The van der Waals surface area contributed by atoms with Gasteiger partial charge < -0.3 is 14.8 Å². The number of carbonyl (C=O) groups is 1. The van der Waals surface area contributed by atoms with E-state index in [-0.39, 0.29) is 5.91 Å². The summed E-state index contributed by atoms with van der Waals surface area (Å²) in [4.78, 5) is 15.1. The minimum Gasteiger partial charge on any atom is -0.351 e.